The lowest BCUT2D eigenvalue weighted by Gasteiger charge is -2.05. The van der Waals surface area contributed by atoms with Crippen LogP contribution in [0.1, 0.15) is 34.5 Å². The van der Waals surface area contributed by atoms with Crippen LogP contribution in [0.25, 0.3) is 0 Å². The number of thiazole rings is 1. The second-order valence-electron chi connectivity index (χ2n) is 4.42. The van der Waals surface area contributed by atoms with E-state index in [1.54, 1.807) is 23.6 Å². The Labute approximate surface area is 122 Å². The normalized spacial score (nSPS) is 10.3. The van der Waals surface area contributed by atoms with Crippen molar-refractivity contribution in [2.45, 2.75) is 26.8 Å². The Hall–Kier alpha value is -1.95. The fourth-order valence-corrected chi connectivity index (χ4v) is 2.34. The SMILES string of the molecule is CCCNc1ccc(C(=O)NCc2nc(C)cs2)nc1. The smallest absolute Gasteiger partial charge is 0.270 e. The minimum absolute atomic E-state index is 0.181. The molecule has 0 aliphatic carbocycles. The Morgan fingerprint density at radius 1 is 1.40 bits per heavy atom. The molecule has 0 aliphatic rings. The Morgan fingerprint density at radius 3 is 2.85 bits per heavy atom. The number of nitrogens with one attached hydrogen (secondary N) is 2. The maximum Gasteiger partial charge on any atom is 0.270 e. The van der Waals surface area contributed by atoms with Gasteiger partial charge in [-0.3, -0.25) is 4.79 Å². The highest BCUT2D eigenvalue weighted by Crippen LogP contribution is 2.09. The Morgan fingerprint density at radius 2 is 2.25 bits per heavy atom. The van der Waals surface area contributed by atoms with Gasteiger partial charge in [-0.1, -0.05) is 6.92 Å². The number of aromatic nitrogens is 2. The van der Waals surface area contributed by atoms with E-state index in [0.29, 0.717) is 12.2 Å². The van der Waals surface area contributed by atoms with E-state index in [1.165, 1.54) is 0 Å². The molecule has 0 radical (unpaired) electrons. The number of carbonyl (C=O) groups excluding carboxylic acids is 1. The van der Waals surface area contributed by atoms with Crippen LogP contribution in [-0.4, -0.2) is 22.4 Å². The lowest BCUT2D eigenvalue weighted by Crippen LogP contribution is -2.23. The van der Waals surface area contributed by atoms with E-state index in [9.17, 15) is 4.79 Å². The predicted octanol–water partition coefficient (Wildman–Crippen LogP) is 2.60. The molecule has 2 aromatic heterocycles. The number of rotatable bonds is 6. The molecule has 20 heavy (non-hydrogen) atoms. The van der Waals surface area contributed by atoms with Crippen LogP contribution in [0.5, 0.6) is 0 Å². The number of anilines is 1. The lowest BCUT2D eigenvalue weighted by molar-refractivity contribution is 0.0946. The quantitative estimate of drug-likeness (QED) is 0.858. The standard InChI is InChI=1S/C14H18N4OS/c1-3-6-15-11-4-5-12(16-7-11)14(19)17-8-13-18-10(2)9-20-13/h4-5,7,9,15H,3,6,8H2,1-2H3,(H,17,19). The molecule has 0 atom stereocenters. The molecule has 0 saturated carbocycles. The molecule has 5 nitrogen and oxygen atoms in total. The van der Waals surface area contributed by atoms with Crippen LogP contribution in [0.4, 0.5) is 5.69 Å². The molecule has 0 unspecified atom stereocenters. The molecule has 0 aromatic carbocycles. The first-order chi connectivity index (χ1) is 9.69. The van der Waals surface area contributed by atoms with Crippen molar-refractivity contribution in [1.29, 1.82) is 0 Å². The minimum atomic E-state index is -0.181. The van der Waals surface area contributed by atoms with Gasteiger partial charge < -0.3 is 10.6 Å². The molecule has 6 heteroatoms. The summed E-state index contributed by atoms with van der Waals surface area (Å²) in [5, 5.41) is 8.90. The second-order valence-corrected chi connectivity index (χ2v) is 5.37. The summed E-state index contributed by atoms with van der Waals surface area (Å²) in [6.45, 7) is 5.37. The van der Waals surface area contributed by atoms with Crippen LogP contribution in [-0.2, 0) is 6.54 Å². The van der Waals surface area contributed by atoms with Gasteiger partial charge in [-0.2, -0.15) is 0 Å². The summed E-state index contributed by atoms with van der Waals surface area (Å²) in [6.07, 6.45) is 2.73. The van der Waals surface area contributed by atoms with Gasteiger partial charge >= 0.3 is 0 Å². The van der Waals surface area contributed by atoms with E-state index in [0.717, 1.165) is 29.4 Å². The molecule has 0 aliphatic heterocycles. The van der Waals surface area contributed by atoms with Gasteiger partial charge in [0.15, 0.2) is 0 Å². The summed E-state index contributed by atoms with van der Waals surface area (Å²) in [5.74, 6) is -0.181. The maximum absolute atomic E-state index is 11.9. The summed E-state index contributed by atoms with van der Waals surface area (Å²) in [4.78, 5) is 20.4. The Kier molecular flexibility index (Phi) is 5.06. The lowest BCUT2D eigenvalue weighted by atomic mass is 10.3. The molecule has 2 N–H and O–H groups in total. The van der Waals surface area contributed by atoms with Crippen LogP contribution in [0, 0.1) is 6.92 Å². The average molecular weight is 290 g/mol. The summed E-state index contributed by atoms with van der Waals surface area (Å²) >= 11 is 1.54. The van der Waals surface area contributed by atoms with Crippen molar-refractivity contribution in [1.82, 2.24) is 15.3 Å². The van der Waals surface area contributed by atoms with Crippen molar-refractivity contribution in [3.05, 3.63) is 40.1 Å². The highest BCUT2D eigenvalue weighted by molar-refractivity contribution is 7.09. The van der Waals surface area contributed by atoms with Gasteiger partial charge in [0, 0.05) is 17.6 Å². The molecule has 2 rings (SSSR count). The van der Waals surface area contributed by atoms with Crippen molar-refractivity contribution in [2.75, 3.05) is 11.9 Å². The highest BCUT2D eigenvalue weighted by atomic mass is 32.1. The number of nitrogens with zero attached hydrogens (tertiary/aromatic N) is 2. The monoisotopic (exact) mass is 290 g/mol. The zero-order chi connectivity index (χ0) is 14.4. The second kappa shape index (κ2) is 7.00. The molecular weight excluding hydrogens is 272 g/mol. The summed E-state index contributed by atoms with van der Waals surface area (Å²) < 4.78 is 0. The van der Waals surface area contributed by atoms with Crippen LogP contribution >= 0.6 is 11.3 Å². The average Bonchev–Trinajstić information content (AvgIpc) is 2.89. The third-order valence-corrected chi connectivity index (χ3v) is 3.61. The first kappa shape index (κ1) is 14.5. The van der Waals surface area contributed by atoms with Gasteiger partial charge in [0.2, 0.25) is 0 Å². The number of carbonyl (C=O) groups is 1. The van der Waals surface area contributed by atoms with Crippen molar-refractivity contribution >= 4 is 22.9 Å². The van der Waals surface area contributed by atoms with E-state index in [-0.39, 0.29) is 5.91 Å². The zero-order valence-corrected chi connectivity index (χ0v) is 12.5. The zero-order valence-electron chi connectivity index (χ0n) is 11.6. The topological polar surface area (TPSA) is 66.9 Å². The number of amides is 1. The molecule has 0 bridgehead atoms. The van der Waals surface area contributed by atoms with E-state index in [4.69, 9.17) is 0 Å². The number of aryl methyl sites for hydroxylation is 1. The van der Waals surface area contributed by atoms with Gasteiger partial charge in [0.25, 0.3) is 5.91 Å². The van der Waals surface area contributed by atoms with Crippen LogP contribution in [0.3, 0.4) is 0 Å². The predicted molar refractivity (Wildman–Crippen MR) is 81.0 cm³/mol. The third kappa shape index (κ3) is 4.03. The van der Waals surface area contributed by atoms with Crippen molar-refractivity contribution in [3.63, 3.8) is 0 Å². The van der Waals surface area contributed by atoms with Crippen LogP contribution < -0.4 is 10.6 Å². The highest BCUT2D eigenvalue weighted by Gasteiger charge is 2.08. The van der Waals surface area contributed by atoms with Gasteiger partial charge in [-0.15, -0.1) is 11.3 Å². The van der Waals surface area contributed by atoms with E-state index < -0.39 is 0 Å². The van der Waals surface area contributed by atoms with Gasteiger partial charge in [0.05, 0.1) is 18.4 Å². The number of hydrogen-bond donors (Lipinski definition) is 2. The molecule has 0 saturated heterocycles. The molecule has 2 aromatic rings. The van der Waals surface area contributed by atoms with Gasteiger partial charge in [-0.25, -0.2) is 9.97 Å². The largest absolute Gasteiger partial charge is 0.384 e. The Bertz CT molecular complexity index is 565. The molecule has 2 heterocycles. The van der Waals surface area contributed by atoms with Crippen molar-refractivity contribution in [2.24, 2.45) is 0 Å². The molecule has 1 amide bonds. The number of hydrogen-bond acceptors (Lipinski definition) is 5. The van der Waals surface area contributed by atoms with E-state index >= 15 is 0 Å². The molecular formula is C14H18N4OS. The summed E-state index contributed by atoms with van der Waals surface area (Å²) in [5.41, 5.74) is 2.32. The fraction of sp³-hybridized carbons (Fsp3) is 0.357. The summed E-state index contributed by atoms with van der Waals surface area (Å²) in [6, 6.07) is 3.59. The van der Waals surface area contributed by atoms with E-state index in [2.05, 4.69) is 27.5 Å². The van der Waals surface area contributed by atoms with E-state index in [1.807, 2.05) is 18.4 Å². The fourth-order valence-electron chi connectivity index (χ4n) is 1.63. The van der Waals surface area contributed by atoms with Crippen LogP contribution in [0.2, 0.25) is 0 Å². The maximum atomic E-state index is 11.9. The van der Waals surface area contributed by atoms with Crippen molar-refractivity contribution < 1.29 is 4.79 Å². The van der Waals surface area contributed by atoms with Crippen LogP contribution in [0.15, 0.2) is 23.7 Å². The first-order valence-electron chi connectivity index (χ1n) is 6.58. The molecule has 0 fully saturated rings. The summed E-state index contributed by atoms with van der Waals surface area (Å²) in [7, 11) is 0. The van der Waals surface area contributed by atoms with Gasteiger partial charge in [0.1, 0.15) is 10.7 Å². The third-order valence-electron chi connectivity index (χ3n) is 2.64. The number of pyridine rings is 1. The van der Waals surface area contributed by atoms with Gasteiger partial charge in [-0.05, 0) is 25.5 Å². The van der Waals surface area contributed by atoms with Crippen molar-refractivity contribution in [3.8, 4) is 0 Å². The molecule has 0 spiro atoms. The molecule has 106 valence electrons. The first-order valence-corrected chi connectivity index (χ1v) is 7.46. The Balaban J connectivity index is 1.88. The minimum Gasteiger partial charge on any atom is -0.384 e.